The molecular weight excluding hydrogens is 363 g/mol. The second kappa shape index (κ2) is 6.48. The van der Waals surface area contributed by atoms with Crippen LogP contribution in [-0.4, -0.2) is 15.0 Å². The van der Waals surface area contributed by atoms with E-state index in [2.05, 4.69) is 12.1 Å². The van der Waals surface area contributed by atoms with Crippen molar-refractivity contribution in [1.82, 2.24) is 0 Å². The number of benzene rings is 3. The van der Waals surface area contributed by atoms with Gasteiger partial charge >= 0.3 is 146 Å². The van der Waals surface area contributed by atoms with Gasteiger partial charge in [0.25, 0.3) is 0 Å². The number of hydrogen-bond donors (Lipinski definition) is 0. The first-order chi connectivity index (χ1) is 11.8. The summed E-state index contributed by atoms with van der Waals surface area (Å²) < 4.78 is 8.07. The van der Waals surface area contributed by atoms with Crippen molar-refractivity contribution in [3.63, 3.8) is 0 Å². The Labute approximate surface area is 145 Å². The van der Waals surface area contributed by atoms with Gasteiger partial charge in [0.1, 0.15) is 0 Å². The molecule has 116 valence electrons. The molecule has 0 aliphatic carbocycles. The van der Waals surface area contributed by atoms with Crippen LogP contribution < -0.4 is 14.4 Å². The SMILES string of the molecule is O=c1c([Se]c2ccccc2)c(-c2ccccc2)oc2ccccc12. The minimum absolute atomic E-state index is 0.0690. The molecule has 0 saturated carbocycles. The Kier molecular flexibility index (Phi) is 4.04. The molecule has 0 fully saturated rings. The van der Waals surface area contributed by atoms with E-state index in [0.29, 0.717) is 16.7 Å². The molecule has 0 aliphatic rings. The van der Waals surface area contributed by atoms with E-state index in [-0.39, 0.29) is 20.4 Å². The van der Waals surface area contributed by atoms with Crippen LogP contribution in [0.3, 0.4) is 0 Å². The van der Waals surface area contributed by atoms with E-state index in [9.17, 15) is 4.79 Å². The minimum atomic E-state index is -0.114. The fourth-order valence-electron chi connectivity index (χ4n) is 2.60. The van der Waals surface area contributed by atoms with Crippen molar-refractivity contribution in [3.8, 4) is 11.3 Å². The number of rotatable bonds is 3. The van der Waals surface area contributed by atoms with Crippen LogP contribution in [0, 0.1) is 0 Å². The van der Waals surface area contributed by atoms with Gasteiger partial charge in [-0.2, -0.15) is 0 Å². The summed E-state index contributed by atoms with van der Waals surface area (Å²) >= 11 is -0.114. The first kappa shape index (κ1) is 14.9. The molecule has 0 radical (unpaired) electrons. The Morgan fingerprint density at radius 1 is 0.708 bits per heavy atom. The Morgan fingerprint density at radius 2 is 1.33 bits per heavy atom. The van der Waals surface area contributed by atoms with Crippen LogP contribution in [0.5, 0.6) is 0 Å². The summed E-state index contributed by atoms with van der Waals surface area (Å²) in [4.78, 5) is 13.1. The van der Waals surface area contributed by atoms with Crippen molar-refractivity contribution in [3.05, 3.63) is 95.2 Å². The van der Waals surface area contributed by atoms with E-state index in [1.54, 1.807) is 0 Å². The van der Waals surface area contributed by atoms with Crippen molar-refractivity contribution >= 4 is 34.8 Å². The molecule has 0 unspecified atom stereocenters. The molecule has 1 heterocycles. The van der Waals surface area contributed by atoms with Crippen LogP contribution >= 0.6 is 0 Å². The van der Waals surface area contributed by atoms with Gasteiger partial charge in [-0.05, 0) is 0 Å². The second-order valence-corrected chi connectivity index (χ2v) is 7.64. The van der Waals surface area contributed by atoms with E-state index in [4.69, 9.17) is 4.42 Å². The van der Waals surface area contributed by atoms with Crippen LogP contribution in [0.15, 0.2) is 94.1 Å². The molecule has 0 N–H and O–H groups in total. The molecule has 4 rings (SSSR count). The number of para-hydroxylation sites is 1. The van der Waals surface area contributed by atoms with Gasteiger partial charge in [-0.1, -0.05) is 0 Å². The summed E-state index contributed by atoms with van der Waals surface area (Å²) in [6.07, 6.45) is 0. The van der Waals surface area contributed by atoms with Gasteiger partial charge in [0.2, 0.25) is 0 Å². The molecule has 4 aromatic rings. The number of fused-ring (bicyclic) bond motifs is 1. The third kappa shape index (κ3) is 2.80. The van der Waals surface area contributed by atoms with E-state index in [1.165, 1.54) is 0 Å². The van der Waals surface area contributed by atoms with Gasteiger partial charge in [-0.3, -0.25) is 0 Å². The molecule has 0 bridgehead atoms. The number of hydrogen-bond acceptors (Lipinski definition) is 2. The molecule has 2 nitrogen and oxygen atoms in total. The third-order valence-electron chi connectivity index (χ3n) is 3.76. The normalized spacial score (nSPS) is 10.8. The quantitative estimate of drug-likeness (QED) is 0.514. The summed E-state index contributed by atoms with van der Waals surface area (Å²) in [6, 6.07) is 27.4. The topological polar surface area (TPSA) is 30.2 Å². The third-order valence-corrected chi connectivity index (χ3v) is 6.03. The molecule has 1 aromatic heterocycles. The first-order valence-corrected chi connectivity index (χ1v) is 9.38. The molecule has 0 aliphatic heterocycles. The zero-order valence-electron chi connectivity index (χ0n) is 12.8. The van der Waals surface area contributed by atoms with Crippen LogP contribution in [0.2, 0.25) is 0 Å². The predicted octanol–water partition coefficient (Wildman–Crippen LogP) is 3.12. The van der Waals surface area contributed by atoms with Gasteiger partial charge in [0, 0.05) is 0 Å². The van der Waals surface area contributed by atoms with Gasteiger partial charge in [-0.15, -0.1) is 0 Å². The van der Waals surface area contributed by atoms with Crippen molar-refractivity contribution in [1.29, 1.82) is 0 Å². The maximum atomic E-state index is 13.1. The van der Waals surface area contributed by atoms with Crippen LogP contribution in [-0.2, 0) is 0 Å². The summed E-state index contributed by atoms with van der Waals surface area (Å²) in [6.45, 7) is 0. The average molecular weight is 377 g/mol. The first-order valence-electron chi connectivity index (χ1n) is 7.67. The molecule has 0 amide bonds. The summed E-state index contributed by atoms with van der Waals surface area (Å²) in [5.41, 5.74) is 1.64. The van der Waals surface area contributed by atoms with Crippen molar-refractivity contribution in [2.45, 2.75) is 0 Å². The standard InChI is InChI=1S/C21H14O2Se/c22-19-17-13-7-8-14-18(17)23-20(15-9-3-1-4-10-15)21(19)24-16-11-5-2-6-12-16/h1-14H. The van der Waals surface area contributed by atoms with Crippen LogP contribution in [0.4, 0.5) is 0 Å². The zero-order valence-corrected chi connectivity index (χ0v) is 14.5. The molecule has 3 aromatic carbocycles. The predicted molar refractivity (Wildman–Crippen MR) is 99.4 cm³/mol. The molecule has 0 spiro atoms. The van der Waals surface area contributed by atoms with E-state index in [1.807, 2.05) is 72.8 Å². The van der Waals surface area contributed by atoms with Gasteiger partial charge in [0.15, 0.2) is 0 Å². The zero-order chi connectivity index (χ0) is 16.4. The summed E-state index contributed by atoms with van der Waals surface area (Å²) in [5.74, 6) is 0.683. The average Bonchev–Trinajstić information content (AvgIpc) is 2.65. The van der Waals surface area contributed by atoms with Crippen LogP contribution in [0.25, 0.3) is 22.3 Å². The summed E-state index contributed by atoms with van der Waals surface area (Å²) in [7, 11) is 0. The van der Waals surface area contributed by atoms with Crippen LogP contribution in [0.1, 0.15) is 0 Å². The molecule has 0 saturated heterocycles. The summed E-state index contributed by atoms with van der Waals surface area (Å²) in [5, 5.41) is 0.644. The molecular formula is C21H14O2Se. The maximum absolute atomic E-state index is 13.1. The van der Waals surface area contributed by atoms with Gasteiger partial charge < -0.3 is 0 Å². The Morgan fingerprint density at radius 3 is 2.08 bits per heavy atom. The Hall–Kier alpha value is -2.61. The molecule has 24 heavy (non-hydrogen) atoms. The van der Waals surface area contributed by atoms with Crippen molar-refractivity contribution in [2.24, 2.45) is 0 Å². The Balaban J connectivity index is 1.98. The monoisotopic (exact) mass is 378 g/mol. The fourth-order valence-corrected chi connectivity index (χ4v) is 4.67. The van der Waals surface area contributed by atoms with E-state index < -0.39 is 0 Å². The fraction of sp³-hybridized carbons (Fsp3) is 0. The Bertz CT molecular complexity index is 1040. The van der Waals surface area contributed by atoms with Crippen molar-refractivity contribution < 1.29 is 4.42 Å². The van der Waals surface area contributed by atoms with E-state index in [0.717, 1.165) is 14.5 Å². The molecule has 3 heteroatoms. The van der Waals surface area contributed by atoms with E-state index >= 15 is 0 Å². The van der Waals surface area contributed by atoms with Gasteiger partial charge in [-0.25, -0.2) is 0 Å². The molecule has 0 atom stereocenters. The second-order valence-electron chi connectivity index (χ2n) is 5.37. The van der Waals surface area contributed by atoms with Crippen molar-refractivity contribution in [2.75, 3.05) is 0 Å². The van der Waals surface area contributed by atoms with Gasteiger partial charge in [0.05, 0.1) is 0 Å².